The summed E-state index contributed by atoms with van der Waals surface area (Å²) in [5, 5.41) is 0. The summed E-state index contributed by atoms with van der Waals surface area (Å²) in [7, 11) is 0. The molecule has 1 aliphatic heterocycles. The summed E-state index contributed by atoms with van der Waals surface area (Å²) in [6, 6.07) is 8.07. The molecule has 0 spiro atoms. The van der Waals surface area contributed by atoms with Gasteiger partial charge in [0, 0.05) is 11.1 Å². The second-order valence-corrected chi connectivity index (χ2v) is 5.11. The maximum absolute atomic E-state index is 12.2. The Bertz CT molecular complexity index is 403. The standard InChI is InChI=1S/C13H17NO/c1-9-10-7-5-6-8-11(10)12(15)14(9)13(2,3)4/h5-9H,1-4H3. The van der Waals surface area contributed by atoms with E-state index >= 15 is 0 Å². The molecule has 1 aromatic carbocycles. The van der Waals surface area contributed by atoms with Crippen LogP contribution in [0.2, 0.25) is 0 Å². The largest absolute Gasteiger partial charge is 0.327 e. The first-order valence-electron chi connectivity index (χ1n) is 5.35. The molecule has 0 radical (unpaired) electrons. The molecule has 2 heteroatoms. The van der Waals surface area contributed by atoms with Gasteiger partial charge in [-0.05, 0) is 39.3 Å². The van der Waals surface area contributed by atoms with Crippen molar-refractivity contribution in [2.24, 2.45) is 0 Å². The maximum atomic E-state index is 12.2. The van der Waals surface area contributed by atoms with Gasteiger partial charge in [0.15, 0.2) is 0 Å². The Labute approximate surface area is 90.9 Å². The summed E-state index contributed by atoms with van der Waals surface area (Å²) in [6.45, 7) is 8.32. The van der Waals surface area contributed by atoms with Gasteiger partial charge in [-0.3, -0.25) is 4.79 Å². The molecule has 1 unspecified atom stereocenters. The molecule has 1 aliphatic rings. The number of hydrogen-bond acceptors (Lipinski definition) is 1. The van der Waals surface area contributed by atoms with Gasteiger partial charge < -0.3 is 4.90 Å². The van der Waals surface area contributed by atoms with Crippen molar-refractivity contribution in [3.63, 3.8) is 0 Å². The van der Waals surface area contributed by atoms with Gasteiger partial charge >= 0.3 is 0 Å². The third-order valence-corrected chi connectivity index (χ3v) is 2.97. The first-order valence-corrected chi connectivity index (χ1v) is 5.35. The topological polar surface area (TPSA) is 20.3 Å². The lowest BCUT2D eigenvalue weighted by Crippen LogP contribution is -2.43. The van der Waals surface area contributed by atoms with Crippen LogP contribution in [0, 0.1) is 0 Å². The summed E-state index contributed by atoms with van der Waals surface area (Å²) < 4.78 is 0. The highest BCUT2D eigenvalue weighted by Gasteiger charge is 2.39. The molecule has 0 bridgehead atoms. The van der Waals surface area contributed by atoms with Crippen LogP contribution in [-0.2, 0) is 0 Å². The Morgan fingerprint density at radius 3 is 2.33 bits per heavy atom. The number of amides is 1. The average molecular weight is 203 g/mol. The van der Waals surface area contributed by atoms with E-state index in [1.54, 1.807) is 0 Å². The third-order valence-electron chi connectivity index (χ3n) is 2.97. The first-order chi connectivity index (χ1) is 6.93. The zero-order valence-electron chi connectivity index (χ0n) is 9.74. The monoisotopic (exact) mass is 203 g/mol. The molecule has 1 heterocycles. The van der Waals surface area contributed by atoms with Gasteiger partial charge in [-0.1, -0.05) is 18.2 Å². The molecule has 0 N–H and O–H groups in total. The molecule has 0 aromatic heterocycles. The molecule has 0 saturated heterocycles. The van der Waals surface area contributed by atoms with E-state index in [1.165, 1.54) is 0 Å². The fourth-order valence-electron chi connectivity index (χ4n) is 2.39. The summed E-state index contributed by atoms with van der Waals surface area (Å²) in [5.41, 5.74) is 1.90. The quantitative estimate of drug-likeness (QED) is 0.634. The molecule has 1 aromatic rings. The lowest BCUT2D eigenvalue weighted by Gasteiger charge is -2.35. The Kier molecular flexibility index (Phi) is 2.10. The van der Waals surface area contributed by atoms with Gasteiger partial charge in [-0.15, -0.1) is 0 Å². The molecule has 80 valence electrons. The van der Waals surface area contributed by atoms with Crippen LogP contribution in [0.4, 0.5) is 0 Å². The van der Waals surface area contributed by atoms with E-state index in [1.807, 2.05) is 29.2 Å². The lowest BCUT2D eigenvalue weighted by molar-refractivity contribution is 0.0527. The van der Waals surface area contributed by atoms with Crippen LogP contribution in [0.1, 0.15) is 49.7 Å². The van der Waals surface area contributed by atoms with Crippen LogP contribution in [0.5, 0.6) is 0 Å². The van der Waals surface area contributed by atoms with Crippen LogP contribution in [0.25, 0.3) is 0 Å². The summed E-state index contributed by atoms with van der Waals surface area (Å²) in [5.74, 6) is 0.158. The number of fused-ring (bicyclic) bond motifs is 1. The highest BCUT2D eigenvalue weighted by Crippen LogP contribution is 2.37. The molecule has 1 amide bonds. The van der Waals surface area contributed by atoms with Gasteiger partial charge in [-0.2, -0.15) is 0 Å². The molecule has 15 heavy (non-hydrogen) atoms. The van der Waals surface area contributed by atoms with Crippen molar-refractivity contribution in [3.05, 3.63) is 35.4 Å². The molecule has 1 atom stereocenters. The van der Waals surface area contributed by atoms with E-state index < -0.39 is 0 Å². The van der Waals surface area contributed by atoms with E-state index in [0.717, 1.165) is 11.1 Å². The second kappa shape index (κ2) is 3.09. The van der Waals surface area contributed by atoms with E-state index in [2.05, 4.69) is 27.7 Å². The van der Waals surface area contributed by atoms with Crippen molar-refractivity contribution < 1.29 is 4.79 Å². The summed E-state index contributed by atoms with van der Waals surface area (Å²) in [4.78, 5) is 14.1. The third kappa shape index (κ3) is 1.44. The highest BCUT2D eigenvalue weighted by molar-refractivity contribution is 5.99. The molecule has 0 fully saturated rings. The smallest absolute Gasteiger partial charge is 0.255 e. The average Bonchev–Trinajstić information content (AvgIpc) is 2.39. The van der Waals surface area contributed by atoms with Crippen LogP contribution in [-0.4, -0.2) is 16.3 Å². The maximum Gasteiger partial charge on any atom is 0.255 e. The fourth-order valence-corrected chi connectivity index (χ4v) is 2.39. The van der Waals surface area contributed by atoms with E-state index in [0.29, 0.717) is 0 Å². The number of nitrogens with zero attached hydrogens (tertiary/aromatic N) is 1. The van der Waals surface area contributed by atoms with Crippen molar-refractivity contribution in [1.29, 1.82) is 0 Å². The van der Waals surface area contributed by atoms with Gasteiger partial charge in [0.1, 0.15) is 0 Å². The predicted molar refractivity (Wildman–Crippen MR) is 60.8 cm³/mol. The Balaban J connectivity index is 2.50. The van der Waals surface area contributed by atoms with Gasteiger partial charge in [0.25, 0.3) is 5.91 Å². The summed E-state index contributed by atoms with van der Waals surface area (Å²) in [6.07, 6.45) is 0. The Morgan fingerprint density at radius 2 is 1.80 bits per heavy atom. The zero-order valence-corrected chi connectivity index (χ0v) is 9.74. The first kappa shape index (κ1) is 10.2. The molecule has 2 rings (SSSR count). The number of hydrogen-bond donors (Lipinski definition) is 0. The van der Waals surface area contributed by atoms with Crippen molar-refractivity contribution in [2.75, 3.05) is 0 Å². The predicted octanol–water partition coefficient (Wildman–Crippen LogP) is 3.00. The normalized spacial score (nSPS) is 20.7. The van der Waals surface area contributed by atoms with Crippen LogP contribution >= 0.6 is 0 Å². The van der Waals surface area contributed by atoms with E-state index in [9.17, 15) is 4.79 Å². The Hall–Kier alpha value is -1.31. The van der Waals surface area contributed by atoms with E-state index in [-0.39, 0.29) is 17.5 Å². The van der Waals surface area contributed by atoms with Crippen LogP contribution in [0.3, 0.4) is 0 Å². The molecular weight excluding hydrogens is 186 g/mol. The Morgan fingerprint density at radius 1 is 1.20 bits per heavy atom. The fraction of sp³-hybridized carbons (Fsp3) is 0.462. The number of rotatable bonds is 0. The zero-order chi connectivity index (χ0) is 11.2. The number of carbonyl (C=O) groups excluding carboxylic acids is 1. The summed E-state index contributed by atoms with van der Waals surface area (Å²) >= 11 is 0. The molecule has 0 saturated carbocycles. The van der Waals surface area contributed by atoms with Crippen LogP contribution < -0.4 is 0 Å². The highest BCUT2D eigenvalue weighted by atomic mass is 16.2. The van der Waals surface area contributed by atoms with Gasteiger partial charge in [0.2, 0.25) is 0 Å². The van der Waals surface area contributed by atoms with Crippen molar-refractivity contribution in [3.8, 4) is 0 Å². The van der Waals surface area contributed by atoms with Crippen molar-refractivity contribution in [2.45, 2.75) is 39.3 Å². The minimum Gasteiger partial charge on any atom is -0.327 e. The molecule has 0 aliphatic carbocycles. The number of carbonyl (C=O) groups is 1. The second-order valence-electron chi connectivity index (χ2n) is 5.11. The van der Waals surface area contributed by atoms with Gasteiger partial charge in [0.05, 0.1) is 6.04 Å². The molecular formula is C13H17NO. The minimum absolute atomic E-state index is 0.116. The lowest BCUT2D eigenvalue weighted by atomic mass is 10.0. The van der Waals surface area contributed by atoms with Gasteiger partial charge in [-0.25, -0.2) is 0 Å². The number of benzene rings is 1. The van der Waals surface area contributed by atoms with Crippen LogP contribution in [0.15, 0.2) is 24.3 Å². The molecule has 2 nitrogen and oxygen atoms in total. The minimum atomic E-state index is -0.116. The van der Waals surface area contributed by atoms with Crippen molar-refractivity contribution in [1.82, 2.24) is 4.90 Å². The van der Waals surface area contributed by atoms with E-state index in [4.69, 9.17) is 0 Å². The van der Waals surface area contributed by atoms with Crippen molar-refractivity contribution >= 4 is 5.91 Å². The SMILES string of the molecule is CC1c2ccccc2C(=O)N1C(C)(C)C.